The lowest BCUT2D eigenvalue weighted by atomic mass is 10.2. The normalized spacial score (nSPS) is 19.0. The molecule has 0 radical (unpaired) electrons. The Bertz CT molecular complexity index is 626. The lowest BCUT2D eigenvalue weighted by Crippen LogP contribution is -2.35. The van der Waals surface area contributed by atoms with Crippen molar-refractivity contribution >= 4 is 39.2 Å². The molecular formula is C12H15N5OS. The fourth-order valence-electron chi connectivity index (χ4n) is 2.45. The van der Waals surface area contributed by atoms with Crippen LogP contribution < -0.4 is 16.0 Å². The number of carbonyl (C=O) groups excluding carboxylic acids is 1. The van der Waals surface area contributed by atoms with Crippen LogP contribution in [-0.2, 0) is 4.79 Å². The van der Waals surface area contributed by atoms with Gasteiger partial charge in [0.2, 0.25) is 11.9 Å². The molecular weight excluding hydrogens is 262 g/mol. The lowest BCUT2D eigenvalue weighted by Gasteiger charge is -2.18. The van der Waals surface area contributed by atoms with Gasteiger partial charge in [0.1, 0.15) is 10.6 Å². The van der Waals surface area contributed by atoms with E-state index >= 15 is 0 Å². The molecule has 1 aliphatic heterocycles. The number of hydrogen-bond donors (Lipinski definition) is 2. The van der Waals surface area contributed by atoms with Gasteiger partial charge in [-0.15, -0.1) is 11.3 Å². The minimum Gasteiger partial charge on any atom is -0.368 e. The van der Waals surface area contributed by atoms with Gasteiger partial charge in [-0.25, -0.2) is 4.98 Å². The second-order valence-electron chi connectivity index (χ2n) is 4.68. The van der Waals surface area contributed by atoms with E-state index in [4.69, 9.17) is 5.73 Å². The molecule has 0 spiro atoms. The number of hydrogen-bond acceptors (Lipinski definition) is 6. The second kappa shape index (κ2) is 4.65. The Morgan fingerprint density at radius 2 is 2.42 bits per heavy atom. The van der Waals surface area contributed by atoms with Gasteiger partial charge in [-0.05, 0) is 17.9 Å². The molecule has 1 unspecified atom stereocenters. The fourth-order valence-corrected chi connectivity index (χ4v) is 3.22. The summed E-state index contributed by atoms with van der Waals surface area (Å²) in [5.41, 5.74) is 5.75. The minimum absolute atomic E-state index is 0.00901. The van der Waals surface area contributed by atoms with Crippen LogP contribution in [0.1, 0.15) is 13.3 Å². The topological polar surface area (TPSA) is 84.1 Å². The average Bonchev–Trinajstić information content (AvgIpc) is 2.95. The molecule has 2 aromatic rings. The van der Waals surface area contributed by atoms with E-state index in [1.807, 2.05) is 11.4 Å². The van der Waals surface area contributed by atoms with Gasteiger partial charge >= 0.3 is 0 Å². The molecule has 0 aliphatic carbocycles. The first-order valence-corrected chi connectivity index (χ1v) is 7.04. The summed E-state index contributed by atoms with van der Waals surface area (Å²) in [5.74, 6) is 1.18. The molecule has 19 heavy (non-hydrogen) atoms. The predicted molar refractivity (Wildman–Crippen MR) is 76.3 cm³/mol. The van der Waals surface area contributed by atoms with E-state index < -0.39 is 0 Å². The van der Waals surface area contributed by atoms with E-state index in [2.05, 4.69) is 20.2 Å². The van der Waals surface area contributed by atoms with Gasteiger partial charge in [0, 0.05) is 26.1 Å². The van der Waals surface area contributed by atoms with E-state index in [0.717, 1.165) is 35.5 Å². The largest absolute Gasteiger partial charge is 0.368 e. The standard InChI is InChI=1S/C12H15N5OS/c1-7(18)14-8-2-4-17(6-8)10-9-3-5-19-11(9)16-12(13)15-10/h3,5,8H,2,4,6H2,1H3,(H,14,18)(H2,13,15,16). The summed E-state index contributed by atoms with van der Waals surface area (Å²) in [6.45, 7) is 3.18. The predicted octanol–water partition coefficient (Wildman–Crippen LogP) is 0.988. The number of nitrogens with zero attached hydrogens (tertiary/aromatic N) is 3. The van der Waals surface area contributed by atoms with Crippen LogP contribution in [0.15, 0.2) is 11.4 Å². The minimum atomic E-state index is 0.00901. The zero-order chi connectivity index (χ0) is 13.4. The molecule has 0 aromatic carbocycles. The summed E-state index contributed by atoms with van der Waals surface area (Å²) in [7, 11) is 0. The molecule has 1 atom stereocenters. The highest BCUT2D eigenvalue weighted by molar-refractivity contribution is 7.16. The lowest BCUT2D eigenvalue weighted by molar-refractivity contribution is -0.119. The average molecular weight is 277 g/mol. The van der Waals surface area contributed by atoms with Crippen LogP contribution in [0.5, 0.6) is 0 Å². The highest BCUT2D eigenvalue weighted by Gasteiger charge is 2.25. The number of aromatic nitrogens is 2. The Morgan fingerprint density at radius 1 is 1.58 bits per heavy atom. The van der Waals surface area contributed by atoms with Crippen molar-refractivity contribution in [2.75, 3.05) is 23.7 Å². The van der Waals surface area contributed by atoms with Crippen LogP contribution in [0.25, 0.3) is 10.2 Å². The van der Waals surface area contributed by atoms with Crippen LogP contribution >= 0.6 is 11.3 Å². The Labute approximate surface area is 114 Å². The van der Waals surface area contributed by atoms with E-state index in [1.165, 1.54) is 0 Å². The maximum absolute atomic E-state index is 11.1. The maximum Gasteiger partial charge on any atom is 0.223 e. The van der Waals surface area contributed by atoms with Crippen molar-refractivity contribution in [3.8, 4) is 0 Å². The molecule has 0 saturated carbocycles. The first kappa shape index (κ1) is 12.2. The van der Waals surface area contributed by atoms with Gasteiger partial charge in [0.15, 0.2) is 0 Å². The van der Waals surface area contributed by atoms with Crippen LogP contribution in [0.4, 0.5) is 11.8 Å². The molecule has 6 nitrogen and oxygen atoms in total. The van der Waals surface area contributed by atoms with Crippen LogP contribution in [-0.4, -0.2) is 35.0 Å². The summed E-state index contributed by atoms with van der Waals surface area (Å²) in [5, 5.41) is 5.97. The van der Waals surface area contributed by atoms with Crippen molar-refractivity contribution in [3.63, 3.8) is 0 Å². The second-order valence-corrected chi connectivity index (χ2v) is 5.57. The quantitative estimate of drug-likeness (QED) is 0.855. The molecule has 1 amide bonds. The van der Waals surface area contributed by atoms with Crippen LogP contribution in [0.3, 0.4) is 0 Å². The summed E-state index contributed by atoms with van der Waals surface area (Å²) < 4.78 is 0. The fraction of sp³-hybridized carbons (Fsp3) is 0.417. The SMILES string of the molecule is CC(=O)NC1CCN(c2nc(N)nc3sccc23)C1. The molecule has 1 aliphatic rings. The molecule has 7 heteroatoms. The molecule has 3 heterocycles. The number of fused-ring (bicyclic) bond motifs is 1. The molecule has 3 N–H and O–H groups in total. The Morgan fingerprint density at radius 3 is 3.21 bits per heavy atom. The molecule has 100 valence electrons. The summed E-state index contributed by atoms with van der Waals surface area (Å²) in [4.78, 5) is 22.7. The Hall–Kier alpha value is -1.89. The van der Waals surface area contributed by atoms with Crippen molar-refractivity contribution in [2.24, 2.45) is 0 Å². The van der Waals surface area contributed by atoms with Crippen molar-refractivity contribution in [3.05, 3.63) is 11.4 Å². The number of carbonyl (C=O) groups is 1. The maximum atomic E-state index is 11.1. The van der Waals surface area contributed by atoms with Gasteiger partial charge in [0.05, 0.1) is 5.39 Å². The van der Waals surface area contributed by atoms with Gasteiger partial charge in [-0.2, -0.15) is 4.98 Å². The van der Waals surface area contributed by atoms with E-state index in [-0.39, 0.29) is 11.9 Å². The van der Waals surface area contributed by atoms with Crippen molar-refractivity contribution in [1.29, 1.82) is 0 Å². The van der Waals surface area contributed by atoms with Crippen LogP contribution in [0, 0.1) is 0 Å². The van der Waals surface area contributed by atoms with Crippen molar-refractivity contribution < 1.29 is 4.79 Å². The zero-order valence-corrected chi connectivity index (χ0v) is 11.4. The number of nitrogen functional groups attached to an aromatic ring is 1. The number of amides is 1. The summed E-state index contributed by atoms with van der Waals surface area (Å²) in [6.07, 6.45) is 0.926. The van der Waals surface area contributed by atoms with Gasteiger partial charge < -0.3 is 16.0 Å². The molecule has 1 fully saturated rings. The third kappa shape index (κ3) is 2.33. The summed E-state index contributed by atoms with van der Waals surface area (Å²) in [6, 6.07) is 2.20. The Balaban J connectivity index is 1.89. The first-order valence-electron chi connectivity index (χ1n) is 6.16. The third-order valence-corrected chi connectivity index (χ3v) is 4.02. The third-order valence-electron chi connectivity index (χ3n) is 3.22. The first-order chi connectivity index (χ1) is 9.13. The Kier molecular flexibility index (Phi) is 2.98. The van der Waals surface area contributed by atoms with Crippen molar-refractivity contribution in [2.45, 2.75) is 19.4 Å². The summed E-state index contributed by atoms with van der Waals surface area (Å²) >= 11 is 1.56. The van der Waals surface area contributed by atoms with Crippen LogP contribution in [0.2, 0.25) is 0 Å². The van der Waals surface area contributed by atoms with E-state index in [0.29, 0.717) is 5.95 Å². The van der Waals surface area contributed by atoms with E-state index in [9.17, 15) is 4.79 Å². The molecule has 1 saturated heterocycles. The molecule has 0 bridgehead atoms. The van der Waals surface area contributed by atoms with Gasteiger partial charge in [-0.3, -0.25) is 4.79 Å². The highest BCUT2D eigenvalue weighted by Crippen LogP contribution is 2.30. The highest BCUT2D eigenvalue weighted by atomic mass is 32.1. The number of rotatable bonds is 2. The number of thiophene rings is 1. The number of nitrogens with one attached hydrogen (secondary N) is 1. The number of nitrogens with two attached hydrogens (primary N) is 1. The van der Waals surface area contributed by atoms with Crippen molar-refractivity contribution in [1.82, 2.24) is 15.3 Å². The zero-order valence-electron chi connectivity index (χ0n) is 10.6. The van der Waals surface area contributed by atoms with Gasteiger partial charge in [-0.1, -0.05) is 0 Å². The van der Waals surface area contributed by atoms with E-state index in [1.54, 1.807) is 18.3 Å². The monoisotopic (exact) mass is 277 g/mol. The molecule has 2 aromatic heterocycles. The number of anilines is 2. The van der Waals surface area contributed by atoms with Gasteiger partial charge in [0.25, 0.3) is 0 Å². The molecule has 3 rings (SSSR count). The smallest absolute Gasteiger partial charge is 0.223 e.